The second-order valence-corrected chi connectivity index (χ2v) is 7.85. The van der Waals surface area contributed by atoms with Gasteiger partial charge in [0.05, 0.1) is 9.90 Å². The van der Waals surface area contributed by atoms with Crippen LogP contribution < -0.4 is 10.1 Å². The molecule has 0 aliphatic carbocycles. The van der Waals surface area contributed by atoms with E-state index in [0.717, 1.165) is 11.1 Å². The molecule has 26 heavy (non-hydrogen) atoms. The molecular weight excluding hydrogens is 413 g/mol. The molecule has 0 unspecified atom stereocenters. The maximum absolute atomic E-state index is 12.4. The van der Waals surface area contributed by atoms with Crippen molar-refractivity contribution in [1.82, 2.24) is 0 Å². The minimum atomic E-state index is -0.229. The van der Waals surface area contributed by atoms with Gasteiger partial charge in [0.25, 0.3) is 5.91 Å². The van der Waals surface area contributed by atoms with Gasteiger partial charge in [-0.25, -0.2) is 0 Å². The van der Waals surface area contributed by atoms with Gasteiger partial charge < -0.3 is 10.1 Å². The van der Waals surface area contributed by atoms with Crippen LogP contribution in [0, 0.1) is 6.92 Å². The lowest BCUT2D eigenvalue weighted by atomic mass is 10.2. The molecule has 134 valence electrons. The Balaban J connectivity index is 1.65. The third kappa shape index (κ3) is 4.92. The lowest BCUT2D eigenvalue weighted by Crippen LogP contribution is -2.10. The van der Waals surface area contributed by atoms with E-state index < -0.39 is 0 Å². The first-order valence-electron chi connectivity index (χ1n) is 7.64. The summed E-state index contributed by atoms with van der Waals surface area (Å²) in [6, 6.07) is 12.3. The number of nitrogens with one attached hydrogen (secondary N) is 1. The van der Waals surface area contributed by atoms with Crippen molar-refractivity contribution >= 4 is 57.7 Å². The van der Waals surface area contributed by atoms with Gasteiger partial charge >= 0.3 is 0 Å². The van der Waals surface area contributed by atoms with Crippen molar-refractivity contribution in [3.8, 4) is 5.75 Å². The van der Waals surface area contributed by atoms with Crippen molar-refractivity contribution in [1.29, 1.82) is 0 Å². The van der Waals surface area contributed by atoms with E-state index >= 15 is 0 Å². The van der Waals surface area contributed by atoms with Crippen LogP contribution in [0.3, 0.4) is 0 Å². The Morgan fingerprint density at radius 1 is 1.08 bits per heavy atom. The summed E-state index contributed by atoms with van der Waals surface area (Å²) in [6.45, 7) is 2.30. The zero-order chi connectivity index (χ0) is 18.7. The molecule has 3 nitrogen and oxygen atoms in total. The van der Waals surface area contributed by atoms with Crippen LogP contribution in [-0.4, -0.2) is 5.91 Å². The van der Waals surface area contributed by atoms with Crippen LogP contribution in [0.5, 0.6) is 5.75 Å². The van der Waals surface area contributed by atoms with Crippen LogP contribution in [0.4, 0.5) is 5.69 Å². The summed E-state index contributed by atoms with van der Waals surface area (Å²) in [5.74, 6) is 0.394. The van der Waals surface area contributed by atoms with Crippen LogP contribution in [0.25, 0.3) is 0 Å². The fraction of sp³-hybridized carbons (Fsp3) is 0.105. The van der Waals surface area contributed by atoms with Crippen LogP contribution in [0.1, 0.15) is 20.8 Å². The van der Waals surface area contributed by atoms with Crippen LogP contribution in [0.2, 0.25) is 15.1 Å². The summed E-state index contributed by atoms with van der Waals surface area (Å²) in [5.41, 5.74) is 2.50. The number of hydrogen-bond donors (Lipinski definition) is 1. The summed E-state index contributed by atoms with van der Waals surface area (Å²) in [6.07, 6.45) is 0. The van der Waals surface area contributed by atoms with Crippen molar-refractivity contribution in [2.24, 2.45) is 0 Å². The topological polar surface area (TPSA) is 38.3 Å². The molecule has 1 amide bonds. The lowest BCUT2D eigenvalue weighted by Gasteiger charge is -2.07. The molecule has 1 aromatic heterocycles. The SMILES string of the molecule is Cc1ccc(Cl)c(OCc2csc(C(=O)Nc3cc(Cl)cc(Cl)c3)c2)c1. The molecule has 0 spiro atoms. The highest BCUT2D eigenvalue weighted by Gasteiger charge is 2.11. The number of ether oxygens (including phenoxy) is 1. The standard InChI is InChI=1S/C19H14Cl3NO2S/c1-11-2-3-16(22)17(4-11)25-9-12-5-18(26-10-12)19(24)23-15-7-13(20)6-14(21)8-15/h2-8,10H,9H2,1H3,(H,23,24). The maximum Gasteiger partial charge on any atom is 0.265 e. The van der Waals surface area contributed by atoms with Gasteiger partial charge in [-0.3, -0.25) is 4.79 Å². The molecule has 3 aromatic rings. The molecule has 0 aliphatic rings. The molecule has 0 radical (unpaired) electrons. The van der Waals surface area contributed by atoms with Crippen molar-refractivity contribution < 1.29 is 9.53 Å². The summed E-state index contributed by atoms with van der Waals surface area (Å²) in [5, 5.41) is 6.14. The Kier molecular flexibility index (Phi) is 6.09. The van der Waals surface area contributed by atoms with E-state index in [1.807, 2.05) is 24.4 Å². The van der Waals surface area contributed by atoms with E-state index in [4.69, 9.17) is 39.5 Å². The quantitative estimate of drug-likeness (QED) is 0.484. The van der Waals surface area contributed by atoms with E-state index in [1.165, 1.54) is 11.3 Å². The third-order valence-electron chi connectivity index (χ3n) is 3.48. The van der Waals surface area contributed by atoms with Gasteiger partial charge in [-0.2, -0.15) is 0 Å². The highest BCUT2D eigenvalue weighted by Crippen LogP contribution is 2.27. The van der Waals surface area contributed by atoms with E-state index in [1.54, 1.807) is 30.3 Å². The zero-order valence-electron chi connectivity index (χ0n) is 13.7. The van der Waals surface area contributed by atoms with Gasteiger partial charge in [0, 0.05) is 21.3 Å². The van der Waals surface area contributed by atoms with E-state index in [2.05, 4.69) is 5.32 Å². The average Bonchev–Trinajstić information content (AvgIpc) is 3.04. The first-order chi connectivity index (χ1) is 12.4. The number of amides is 1. The minimum Gasteiger partial charge on any atom is -0.487 e. The number of halogens is 3. The van der Waals surface area contributed by atoms with Crippen LogP contribution >= 0.6 is 46.1 Å². The highest BCUT2D eigenvalue weighted by atomic mass is 35.5. The van der Waals surface area contributed by atoms with Gasteiger partial charge in [0.1, 0.15) is 12.4 Å². The lowest BCUT2D eigenvalue weighted by molar-refractivity contribution is 0.103. The molecule has 1 heterocycles. The Bertz CT molecular complexity index is 935. The second-order valence-electron chi connectivity index (χ2n) is 5.65. The smallest absolute Gasteiger partial charge is 0.265 e. The van der Waals surface area contributed by atoms with Crippen LogP contribution in [-0.2, 0) is 6.61 Å². The van der Waals surface area contributed by atoms with E-state index in [9.17, 15) is 4.79 Å². The average molecular weight is 427 g/mol. The fourth-order valence-corrected chi connectivity index (χ4v) is 3.76. The molecule has 2 aromatic carbocycles. The molecule has 0 atom stereocenters. The van der Waals surface area contributed by atoms with Crippen molar-refractivity contribution in [3.63, 3.8) is 0 Å². The largest absolute Gasteiger partial charge is 0.487 e. The molecule has 0 fully saturated rings. The van der Waals surface area contributed by atoms with Crippen molar-refractivity contribution in [2.75, 3.05) is 5.32 Å². The van der Waals surface area contributed by atoms with E-state index in [0.29, 0.717) is 38.0 Å². The first kappa shape index (κ1) is 19.1. The van der Waals surface area contributed by atoms with Gasteiger partial charge in [0.2, 0.25) is 0 Å². The molecule has 0 aliphatic heterocycles. The summed E-state index contributed by atoms with van der Waals surface area (Å²) < 4.78 is 5.75. The Morgan fingerprint density at radius 2 is 1.81 bits per heavy atom. The number of aryl methyl sites for hydroxylation is 1. The summed E-state index contributed by atoms with van der Waals surface area (Å²) in [7, 11) is 0. The monoisotopic (exact) mass is 425 g/mol. The van der Waals surface area contributed by atoms with Gasteiger partial charge in [-0.05, 0) is 54.3 Å². The number of anilines is 1. The fourth-order valence-electron chi connectivity index (χ4n) is 2.27. The predicted octanol–water partition coefficient (Wildman–Crippen LogP) is 6.85. The van der Waals surface area contributed by atoms with E-state index in [-0.39, 0.29) is 5.91 Å². The normalized spacial score (nSPS) is 10.6. The third-order valence-corrected chi connectivity index (χ3v) is 5.21. The van der Waals surface area contributed by atoms with Gasteiger partial charge in [-0.1, -0.05) is 40.9 Å². The van der Waals surface area contributed by atoms with Crippen molar-refractivity contribution in [2.45, 2.75) is 13.5 Å². The predicted molar refractivity (Wildman–Crippen MR) is 109 cm³/mol. The molecule has 3 rings (SSSR count). The maximum atomic E-state index is 12.4. The number of benzene rings is 2. The molecule has 0 bridgehead atoms. The number of carbonyl (C=O) groups is 1. The van der Waals surface area contributed by atoms with Gasteiger partial charge in [0.15, 0.2) is 0 Å². The number of carbonyl (C=O) groups excluding carboxylic acids is 1. The molecule has 1 N–H and O–H groups in total. The zero-order valence-corrected chi connectivity index (χ0v) is 16.8. The molecular formula is C19H14Cl3NO2S. The molecule has 7 heteroatoms. The highest BCUT2D eigenvalue weighted by molar-refractivity contribution is 7.12. The minimum absolute atomic E-state index is 0.229. The number of thiophene rings is 1. The number of rotatable bonds is 5. The van der Waals surface area contributed by atoms with Gasteiger partial charge in [-0.15, -0.1) is 11.3 Å². The summed E-state index contributed by atoms with van der Waals surface area (Å²) in [4.78, 5) is 12.9. The number of hydrogen-bond acceptors (Lipinski definition) is 3. The Labute approximate surface area is 170 Å². The second kappa shape index (κ2) is 8.31. The molecule has 0 saturated carbocycles. The van der Waals surface area contributed by atoms with Crippen molar-refractivity contribution in [3.05, 3.63) is 78.9 Å². The first-order valence-corrected chi connectivity index (χ1v) is 9.66. The summed E-state index contributed by atoms with van der Waals surface area (Å²) >= 11 is 19.4. The Morgan fingerprint density at radius 3 is 2.54 bits per heavy atom. The Hall–Kier alpha value is -1.72. The van der Waals surface area contributed by atoms with Crippen LogP contribution in [0.15, 0.2) is 47.8 Å². The molecule has 0 saturated heterocycles.